The molecule has 4 saturated carbocycles. The molecule has 0 unspecified atom stereocenters. The summed E-state index contributed by atoms with van der Waals surface area (Å²) in [5.74, 6) is 0. The van der Waals surface area contributed by atoms with E-state index in [4.69, 9.17) is 13.0 Å². The van der Waals surface area contributed by atoms with Gasteiger partial charge >= 0.3 is 159 Å². The summed E-state index contributed by atoms with van der Waals surface area (Å²) in [5.41, 5.74) is 0. The van der Waals surface area contributed by atoms with Gasteiger partial charge in [-0.25, -0.2) is 0 Å². The van der Waals surface area contributed by atoms with Crippen molar-refractivity contribution in [1.29, 1.82) is 0 Å². The van der Waals surface area contributed by atoms with E-state index in [1.54, 1.807) is 0 Å². The van der Waals surface area contributed by atoms with Crippen molar-refractivity contribution in [3.63, 3.8) is 0 Å². The first-order valence-corrected chi connectivity index (χ1v) is 16.2. The second kappa shape index (κ2) is 9.18. The van der Waals surface area contributed by atoms with Crippen LogP contribution in [0.1, 0.15) is 103 Å². The molecule has 0 saturated heterocycles. The molecule has 4 fully saturated rings. The third-order valence-corrected chi connectivity index (χ3v) is 14.3. The van der Waals surface area contributed by atoms with Crippen LogP contribution in [-0.2, 0) is 31.7 Å². The molecule has 4 nitrogen and oxygen atoms in total. The fourth-order valence-electron chi connectivity index (χ4n) is 4.85. The summed E-state index contributed by atoms with van der Waals surface area (Å²) in [5, 5.41) is 0. The summed E-state index contributed by atoms with van der Waals surface area (Å²) < 4.78 is 26.9. The van der Waals surface area contributed by atoms with Gasteiger partial charge in [-0.1, -0.05) is 0 Å². The molecule has 0 atom stereocenters. The van der Waals surface area contributed by atoms with Crippen molar-refractivity contribution < 1.29 is 31.7 Å². The molecular formula is C20H36O4Ta. The molecule has 0 spiro atoms. The molecule has 0 N–H and O–H groups in total. The van der Waals surface area contributed by atoms with Crippen molar-refractivity contribution in [3.05, 3.63) is 0 Å². The van der Waals surface area contributed by atoms with Crippen LogP contribution in [0.4, 0.5) is 0 Å². The Bertz CT molecular complexity index is 317. The predicted molar refractivity (Wildman–Crippen MR) is 93.4 cm³/mol. The zero-order chi connectivity index (χ0) is 17.0. The maximum absolute atomic E-state index is 6.73. The van der Waals surface area contributed by atoms with Gasteiger partial charge in [0.15, 0.2) is 0 Å². The van der Waals surface area contributed by atoms with Gasteiger partial charge in [0.2, 0.25) is 0 Å². The third-order valence-electron chi connectivity index (χ3n) is 6.32. The van der Waals surface area contributed by atoms with Crippen molar-refractivity contribution in [1.82, 2.24) is 0 Å². The summed E-state index contributed by atoms with van der Waals surface area (Å²) in [6.07, 6.45) is 20.8. The standard InChI is InChI=1S/4C5H9O.Ta/c4*6-5-3-1-2-4-5;/h4*5H,1-4H2;/q4*-1;+4. The predicted octanol–water partition coefficient (Wildman–Crippen LogP) is 5.64. The molecule has 4 aliphatic carbocycles. The van der Waals surface area contributed by atoms with E-state index in [0.717, 1.165) is 51.4 Å². The molecule has 0 amide bonds. The summed E-state index contributed by atoms with van der Waals surface area (Å²) in [7, 11) is 0. The zero-order valence-electron chi connectivity index (χ0n) is 15.7. The average Bonchev–Trinajstić information content (AvgIpc) is 3.37. The van der Waals surface area contributed by atoms with E-state index in [-0.39, 0.29) is 0 Å². The second-order valence-corrected chi connectivity index (χ2v) is 14.7. The molecule has 25 heavy (non-hydrogen) atoms. The molecule has 0 aromatic rings. The molecule has 0 radical (unpaired) electrons. The van der Waals surface area contributed by atoms with Gasteiger partial charge in [-0.2, -0.15) is 0 Å². The van der Waals surface area contributed by atoms with Crippen LogP contribution in [0.2, 0.25) is 0 Å². The third kappa shape index (κ3) is 5.31. The van der Waals surface area contributed by atoms with E-state index in [9.17, 15) is 0 Å². The Morgan fingerprint density at radius 3 is 0.760 bits per heavy atom. The average molecular weight is 521 g/mol. The SMILES string of the molecule is C1CCC([O][Ta]([O]C2CCCC2)([O]C2CCCC2)[O]C2CCCC2)C1. The minimum atomic E-state index is -4.05. The Labute approximate surface area is 158 Å². The van der Waals surface area contributed by atoms with E-state index >= 15 is 0 Å². The Kier molecular flexibility index (Phi) is 6.95. The molecule has 145 valence electrons. The molecule has 0 bridgehead atoms. The fraction of sp³-hybridized carbons (Fsp3) is 1.00. The van der Waals surface area contributed by atoms with E-state index in [0.29, 0.717) is 24.4 Å². The van der Waals surface area contributed by atoms with Crippen LogP contribution >= 0.6 is 0 Å². The van der Waals surface area contributed by atoms with Gasteiger partial charge in [-0.05, 0) is 0 Å². The van der Waals surface area contributed by atoms with Crippen molar-refractivity contribution in [2.45, 2.75) is 127 Å². The van der Waals surface area contributed by atoms with Crippen LogP contribution in [0.25, 0.3) is 0 Å². The fourth-order valence-corrected chi connectivity index (χ4v) is 14.2. The van der Waals surface area contributed by atoms with Gasteiger partial charge in [0.1, 0.15) is 0 Å². The van der Waals surface area contributed by atoms with E-state index < -0.39 is 18.7 Å². The van der Waals surface area contributed by atoms with Gasteiger partial charge < -0.3 is 0 Å². The van der Waals surface area contributed by atoms with Crippen molar-refractivity contribution in [3.8, 4) is 0 Å². The first-order chi connectivity index (χ1) is 12.3. The Morgan fingerprint density at radius 2 is 0.560 bits per heavy atom. The van der Waals surface area contributed by atoms with Crippen LogP contribution in [0.3, 0.4) is 0 Å². The Hall–Kier alpha value is 0.580. The molecular weight excluding hydrogens is 485 g/mol. The molecule has 4 aliphatic rings. The van der Waals surface area contributed by atoms with E-state index in [2.05, 4.69) is 0 Å². The second-order valence-electron chi connectivity index (χ2n) is 8.49. The van der Waals surface area contributed by atoms with Crippen molar-refractivity contribution in [2.75, 3.05) is 0 Å². The molecule has 5 heteroatoms. The maximum atomic E-state index is 6.73. The topological polar surface area (TPSA) is 36.9 Å². The van der Waals surface area contributed by atoms with Gasteiger partial charge in [-0.15, -0.1) is 0 Å². The zero-order valence-corrected chi connectivity index (χ0v) is 18.9. The van der Waals surface area contributed by atoms with Crippen LogP contribution < -0.4 is 0 Å². The monoisotopic (exact) mass is 521 g/mol. The molecule has 0 aromatic carbocycles. The first-order valence-electron chi connectivity index (χ1n) is 10.9. The van der Waals surface area contributed by atoms with Crippen LogP contribution in [0.15, 0.2) is 0 Å². The van der Waals surface area contributed by atoms with Crippen molar-refractivity contribution >= 4 is 0 Å². The Balaban J connectivity index is 1.50. The van der Waals surface area contributed by atoms with E-state index in [1.807, 2.05) is 0 Å². The van der Waals surface area contributed by atoms with Crippen molar-refractivity contribution in [2.24, 2.45) is 0 Å². The van der Waals surface area contributed by atoms with Crippen LogP contribution in [0.5, 0.6) is 0 Å². The van der Waals surface area contributed by atoms with E-state index in [1.165, 1.54) is 51.4 Å². The number of rotatable bonds is 8. The summed E-state index contributed by atoms with van der Waals surface area (Å²) in [4.78, 5) is 0. The van der Waals surface area contributed by atoms with Gasteiger partial charge in [0, 0.05) is 0 Å². The molecule has 4 rings (SSSR count). The van der Waals surface area contributed by atoms with Gasteiger partial charge in [0.25, 0.3) is 0 Å². The first kappa shape index (κ1) is 18.9. The summed E-state index contributed by atoms with van der Waals surface area (Å²) in [6.45, 7) is 0. The van der Waals surface area contributed by atoms with Crippen LogP contribution in [-0.4, -0.2) is 24.4 Å². The van der Waals surface area contributed by atoms with Crippen LogP contribution in [0, 0.1) is 0 Å². The van der Waals surface area contributed by atoms with Gasteiger partial charge in [0.05, 0.1) is 0 Å². The molecule has 0 aliphatic heterocycles. The number of hydrogen-bond acceptors (Lipinski definition) is 4. The van der Waals surface area contributed by atoms with Gasteiger partial charge in [-0.3, -0.25) is 0 Å². The molecule has 0 heterocycles. The molecule has 0 aromatic heterocycles. The minimum absolute atomic E-state index is 0.322. The quantitative estimate of drug-likeness (QED) is 0.415. The summed E-state index contributed by atoms with van der Waals surface area (Å²) >= 11 is -4.05. The summed E-state index contributed by atoms with van der Waals surface area (Å²) in [6, 6.07) is 0. The Morgan fingerprint density at radius 1 is 0.360 bits per heavy atom. The normalized spacial score (nSPS) is 27.8. The number of hydrogen-bond donors (Lipinski definition) is 0.